The number of rotatable bonds is 8. The van der Waals surface area contributed by atoms with E-state index in [0.717, 1.165) is 4.88 Å². The van der Waals surface area contributed by atoms with Gasteiger partial charge in [0.05, 0.1) is 12.0 Å². The lowest BCUT2D eigenvalue weighted by Crippen LogP contribution is -2.28. The van der Waals surface area contributed by atoms with Crippen LogP contribution >= 0.6 is 11.3 Å². The number of carbonyl (C=O) groups is 2. The van der Waals surface area contributed by atoms with Gasteiger partial charge in [-0.15, -0.1) is 11.3 Å². The molecule has 2 aromatic heterocycles. The molecule has 2 heterocycles. The van der Waals surface area contributed by atoms with Crippen molar-refractivity contribution in [3.05, 3.63) is 23.4 Å². The second kappa shape index (κ2) is 8.42. The number of hydrogen-bond donors (Lipinski definition) is 0. The molecule has 124 valence electrons. The van der Waals surface area contributed by atoms with Crippen molar-refractivity contribution >= 4 is 23.2 Å². The van der Waals surface area contributed by atoms with E-state index in [1.807, 2.05) is 17.5 Å². The number of aryl methyl sites for hydroxylation is 1. The fourth-order valence-corrected chi connectivity index (χ4v) is 2.60. The molecule has 1 amide bonds. The van der Waals surface area contributed by atoms with E-state index in [-0.39, 0.29) is 11.9 Å². The van der Waals surface area contributed by atoms with Gasteiger partial charge < -0.3 is 14.2 Å². The van der Waals surface area contributed by atoms with Crippen molar-refractivity contribution in [3.63, 3.8) is 0 Å². The van der Waals surface area contributed by atoms with Crippen LogP contribution in [0.4, 0.5) is 0 Å². The van der Waals surface area contributed by atoms with E-state index in [4.69, 9.17) is 4.52 Å². The molecule has 2 rings (SSSR count). The summed E-state index contributed by atoms with van der Waals surface area (Å²) in [6.07, 6.45) is 1.58. The zero-order valence-corrected chi connectivity index (χ0v) is 14.0. The highest BCUT2D eigenvalue weighted by molar-refractivity contribution is 7.13. The standard InChI is InChI=1S/C15H19N3O4S/c1-18(9-3-6-14(20)21-2)13(19)8-7-12-16-15(17-22-12)11-5-4-10-23-11/h4-5,10H,3,6-9H2,1-2H3. The van der Waals surface area contributed by atoms with Gasteiger partial charge in [0.15, 0.2) is 0 Å². The summed E-state index contributed by atoms with van der Waals surface area (Å²) >= 11 is 1.53. The molecule has 0 unspecified atom stereocenters. The summed E-state index contributed by atoms with van der Waals surface area (Å²) in [6, 6.07) is 3.84. The molecule has 2 aromatic rings. The summed E-state index contributed by atoms with van der Waals surface area (Å²) in [5.41, 5.74) is 0. The van der Waals surface area contributed by atoms with E-state index in [2.05, 4.69) is 14.9 Å². The van der Waals surface area contributed by atoms with E-state index in [1.54, 1.807) is 11.9 Å². The van der Waals surface area contributed by atoms with Crippen LogP contribution in [0, 0.1) is 0 Å². The maximum absolute atomic E-state index is 12.0. The Labute approximate surface area is 138 Å². The number of nitrogens with zero attached hydrogens (tertiary/aromatic N) is 3. The second-order valence-corrected chi connectivity index (χ2v) is 5.93. The summed E-state index contributed by atoms with van der Waals surface area (Å²) in [4.78, 5) is 29.9. The van der Waals surface area contributed by atoms with Crippen molar-refractivity contribution in [3.8, 4) is 10.7 Å². The Balaban J connectivity index is 1.74. The lowest BCUT2D eigenvalue weighted by molar-refractivity contribution is -0.141. The van der Waals surface area contributed by atoms with Gasteiger partial charge in [-0.05, 0) is 17.9 Å². The Kier molecular flexibility index (Phi) is 6.28. The molecule has 0 aliphatic rings. The Bertz CT molecular complexity index is 639. The SMILES string of the molecule is COC(=O)CCCN(C)C(=O)CCc1nc(-c2cccs2)no1. The number of esters is 1. The average Bonchev–Trinajstić information content (AvgIpc) is 3.23. The third-order valence-electron chi connectivity index (χ3n) is 3.29. The van der Waals surface area contributed by atoms with Gasteiger partial charge in [-0.2, -0.15) is 4.98 Å². The molecule has 0 atom stereocenters. The first-order valence-electron chi connectivity index (χ1n) is 7.27. The molecule has 0 bridgehead atoms. The molecule has 0 aliphatic carbocycles. The molecule has 23 heavy (non-hydrogen) atoms. The van der Waals surface area contributed by atoms with Crippen LogP contribution in [-0.4, -0.2) is 47.6 Å². The largest absolute Gasteiger partial charge is 0.469 e. The Morgan fingerprint density at radius 2 is 2.22 bits per heavy atom. The van der Waals surface area contributed by atoms with Gasteiger partial charge in [0, 0.05) is 32.9 Å². The van der Waals surface area contributed by atoms with Crippen LogP contribution in [0.15, 0.2) is 22.0 Å². The first-order chi connectivity index (χ1) is 11.1. The summed E-state index contributed by atoms with van der Waals surface area (Å²) in [5.74, 6) is 0.710. The molecule has 0 aromatic carbocycles. The monoisotopic (exact) mass is 337 g/mol. The zero-order chi connectivity index (χ0) is 16.7. The van der Waals surface area contributed by atoms with E-state index in [0.29, 0.717) is 43.9 Å². The molecular weight excluding hydrogens is 318 g/mol. The Morgan fingerprint density at radius 3 is 2.91 bits per heavy atom. The zero-order valence-electron chi connectivity index (χ0n) is 13.2. The number of thiophene rings is 1. The van der Waals surface area contributed by atoms with Crippen molar-refractivity contribution in [1.29, 1.82) is 0 Å². The van der Waals surface area contributed by atoms with Gasteiger partial charge in [-0.1, -0.05) is 11.2 Å². The highest BCUT2D eigenvalue weighted by Crippen LogP contribution is 2.21. The van der Waals surface area contributed by atoms with Crippen LogP contribution in [-0.2, 0) is 20.7 Å². The molecule has 0 radical (unpaired) electrons. The van der Waals surface area contributed by atoms with Crippen molar-refractivity contribution < 1.29 is 18.8 Å². The fraction of sp³-hybridized carbons (Fsp3) is 0.467. The van der Waals surface area contributed by atoms with E-state index in [9.17, 15) is 9.59 Å². The molecule has 0 N–H and O–H groups in total. The third-order valence-corrected chi connectivity index (χ3v) is 4.16. The van der Waals surface area contributed by atoms with Crippen molar-refractivity contribution in [2.24, 2.45) is 0 Å². The maximum Gasteiger partial charge on any atom is 0.305 e. The number of amides is 1. The van der Waals surface area contributed by atoms with Gasteiger partial charge in [0.2, 0.25) is 17.6 Å². The van der Waals surface area contributed by atoms with Crippen LogP contribution in [0.2, 0.25) is 0 Å². The lowest BCUT2D eigenvalue weighted by Gasteiger charge is -2.16. The predicted molar refractivity (Wildman–Crippen MR) is 84.8 cm³/mol. The maximum atomic E-state index is 12.0. The minimum atomic E-state index is -0.266. The topological polar surface area (TPSA) is 85.5 Å². The van der Waals surface area contributed by atoms with E-state index < -0.39 is 0 Å². The number of aromatic nitrogens is 2. The van der Waals surface area contributed by atoms with Crippen molar-refractivity contribution in [2.45, 2.75) is 25.7 Å². The number of methoxy groups -OCH3 is 1. The first kappa shape index (κ1) is 17.1. The Morgan fingerprint density at radius 1 is 1.39 bits per heavy atom. The molecule has 0 spiro atoms. The van der Waals surface area contributed by atoms with Gasteiger partial charge in [0.1, 0.15) is 0 Å². The highest BCUT2D eigenvalue weighted by Gasteiger charge is 2.14. The molecule has 0 fully saturated rings. The van der Waals surface area contributed by atoms with E-state index >= 15 is 0 Å². The van der Waals surface area contributed by atoms with Gasteiger partial charge in [-0.3, -0.25) is 9.59 Å². The highest BCUT2D eigenvalue weighted by atomic mass is 32.1. The van der Waals surface area contributed by atoms with Crippen LogP contribution < -0.4 is 0 Å². The van der Waals surface area contributed by atoms with Crippen LogP contribution in [0.25, 0.3) is 10.7 Å². The lowest BCUT2D eigenvalue weighted by atomic mass is 10.2. The number of carbonyl (C=O) groups excluding carboxylic acids is 2. The number of hydrogen-bond acceptors (Lipinski definition) is 7. The molecular formula is C15H19N3O4S. The van der Waals surface area contributed by atoms with Crippen LogP contribution in [0.5, 0.6) is 0 Å². The number of ether oxygens (including phenoxy) is 1. The average molecular weight is 337 g/mol. The van der Waals surface area contributed by atoms with Crippen molar-refractivity contribution in [2.75, 3.05) is 20.7 Å². The smallest absolute Gasteiger partial charge is 0.305 e. The minimum absolute atomic E-state index is 0.0225. The van der Waals surface area contributed by atoms with Crippen molar-refractivity contribution in [1.82, 2.24) is 15.0 Å². The van der Waals surface area contributed by atoms with Gasteiger partial charge in [-0.25, -0.2) is 0 Å². The third kappa shape index (κ3) is 5.17. The molecule has 8 heteroatoms. The fourth-order valence-electron chi connectivity index (χ4n) is 1.95. The normalized spacial score (nSPS) is 10.5. The van der Waals surface area contributed by atoms with Crippen LogP contribution in [0.1, 0.15) is 25.2 Å². The minimum Gasteiger partial charge on any atom is -0.469 e. The molecule has 0 aliphatic heterocycles. The van der Waals surface area contributed by atoms with Crippen LogP contribution in [0.3, 0.4) is 0 Å². The van der Waals surface area contributed by atoms with E-state index in [1.165, 1.54) is 18.4 Å². The summed E-state index contributed by atoms with van der Waals surface area (Å²) in [7, 11) is 3.07. The predicted octanol–water partition coefficient (Wildman–Crippen LogP) is 2.14. The molecule has 0 saturated carbocycles. The Hall–Kier alpha value is -2.22. The summed E-state index contributed by atoms with van der Waals surface area (Å²) in [5, 5.41) is 5.85. The first-order valence-corrected chi connectivity index (χ1v) is 8.15. The van der Waals surface area contributed by atoms with Gasteiger partial charge >= 0.3 is 5.97 Å². The molecule has 7 nitrogen and oxygen atoms in total. The molecule has 0 saturated heterocycles. The van der Waals surface area contributed by atoms with Gasteiger partial charge in [0.25, 0.3) is 0 Å². The second-order valence-electron chi connectivity index (χ2n) is 4.98. The quantitative estimate of drug-likeness (QED) is 0.686. The summed E-state index contributed by atoms with van der Waals surface area (Å²) < 4.78 is 9.72. The summed E-state index contributed by atoms with van der Waals surface area (Å²) in [6.45, 7) is 0.512.